The summed E-state index contributed by atoms with van der Waals surface area (Å²) in [5.74, 6) is 0. The van der Waals surface area contributed by atoms with Gasteiger partial charge in [-0.25, -0.2) is 0 Å². The van der Waals surface area contributed by atoms with Gasteiger partial charge in [0.2, 0.25) is 6.23 Å². The Morgan fingerprint density at radius 1 is 0.864 bits per heavy atom. The maximum Gasteiger partial charge on any atom is 0.201 e. The predicted octanol–water partition coefficient (Wildman–Crippen LogP) is 3.50. The van der Waals surface area contributed by atoms with E-state index in [-0.39, 0.29) is 6.23 Å². The van der Waals surface area contributed by atoms with E-state index < -0.39 is 0 Å². The third-order valence-electron chi connectivity index (χ3n) is 3.15. The molecule has 0 saturated carbocycles. The van der Waals surface area contributed by atoms with Crippen molar-refractivity contribution in [3.8, 4) is 0 Å². The second-order valence-corrected chi connectivity index (χ2v) is 4.58. The number of aromatic nitrogens is 3. The van der Waals surface area contributed by atoms with Crippen LogP contribution >= 0.6 is 0 Å². The van der Waals surface area contributed by atoms with Gasteiger partial charge in [-0.1, -0.05) is 48.5 Å². The second kappa shape index (κ2) is 7.08. The smallest absolute Gasteiger partial charge is 0.201 e. The molecule has 110 valence electrons. The Bertz CT molecular complexity index is 666. The number of ether oxygens (including phenoxy) is 1. The number of para-hydroxylation sites is 1. The summed E-state index contributed by atoms with van der Waals surface area (Å²) in [4.78, 5) is 2.12. The molecule has 1 atom stereocenters. The predicted molar refractivity (Wildman–Crippen MR) is 84.7 cm³/mol. The third kappa shape index (κ3) is 3.32. The van der Waals surface area contributed by atoms with Crippen molar-refractivity contribution in [1.29, 1.82) is 0 Å². The summed E-state index contributed by atoms with van der Waals surface area (Å²) >= 11 is 0. The van der Waals surface area contributed by atoms with Gasteiger partial charge in [-0.15, -0.1) is 0 Å². The zero-order valence-corrected chi connectivity index (χ0v) is 11.9. The average molecular weight is 292 g/mol. The quantitative estimate of drug-likeness (QED) is 0.785. The van der Waals surface area contributed by atoms with Gasteiger partial charge in [-0.3, -0.25) is 0 Å². The first-order valence-corrected chi connectivity index (χ1v) is 6.95. The minimum absolute atomic E-state index is 0.0569. The Morgan fingerprint density at radius 2 is 1.50 bits per heavy atom. The SMILES string of the molecule is C1=CN(c2ccccc2)C(c2ccccc2)O1.c1cn[nH]n1. The van der Waals surface area contributed by atoms with E-state index >= 15 is 0 Å². The minimum atomic E-state index is -0.0569. The van der Waals surface area contributed by atoms with Crippen LogP contribution in [0.5, 0.6) is 0 Å². The number of rotatable bonds is 2. The van der Waals surface area contributed by atoms with Crippen LogP contribution in [0.1, 0.15) is 11.8 Å². The summed E-state index contributed by atoms with van der Waals surface area (Å²) in [6, 6.07) is 20.5. The largest absolute Gasteiger partial charge is 0.472 e. The van der Waals surface area contributed by atoms with E-state index in [1.165, 1.54) is 0 Å². The van der Waals surface area contributed by atoms with Crippen LogP contribution in [0.25, 0.3) is 0 Å². The molecule has 22 heavy (non-hydrogen) atoms. The molecule has 5 nitrogen and oxygen atoms in total. The number of benzene rings is 2. The average Bonchev–Trinajstić information content (AvgIpc) is 3.31. The van der Waals surface area contributed by atoms with Crippen LogP contribution in [0.3, 0.4) is 0 Å². The molecule has 1 aliphatic heterocycles. The van der Waals surface area contributed by atoms with E-state index in [1.54, 1.807) is 18.7 Å². The summed E-state index contributed by atoms with van der Waals surface area (Å²) in [5.41, 5.74) is 2.29. The lowest BCUT2D eigenvalue weighted by Crippen LogP contribution is -2.19. The molecule has 1 N–H and O–H groups in total. The molecule has 4 rings (SSSR count). The van der Waals surface area contributed by atoms with Crippen molar-refractivity contribution in [1.82, 2.24) is 15.4 Å². The highest BCUT2D eigenvalue weighted by atomic mass is 16.5. The fourth-order valence-corrected chi connectivity index (χ4v) is 2.16. The van der Waals surface area contributed by atoms with Gasteiger partial charge in [0.15, 0.2) is 0 Å². The molecule has 0 radical (unpaired) electrons. The van der Waals surface area contributed by atoms with Crippen molar-refractivity contribution < 1.29 is 4.74 Å². The number of nitrogens with one attached hydrogen (secondary N) is 1. The highest BCUT2D eigenvalue weighted by molar-refractivity contribution is 5.51. The van der Waals surface area contributed by atoms with Crippen LogP contribution in [0.4, 0.5) is 5.69 Å². The second-order valence-electron chi connectivity index (χ2n) is 4.58. The number of aromatic amines is 1. The van der Waals surface area contributed by atoms with Gasteiger partial charge in [-0.05, 0) is 12.1 Å². The van der Waals surface area contributed by atoms with E-state index in [0.717, 1.165) is 11.3 Å². The number of anilines is 1. The molecule has 0 amide bonds. The Kier molecular flexibility index (Phi) is 4.47. The lowest BCUT2D eigenvalue weighted by Gasteiger charge is -2.24. The van der Waals surface area contributed by atoms with Crippen LogP contribution in [-0.2, 0) is 4.74 Å². The van der Waals surface area contributed by atoms with E-state index in [1.807, 2.05) is 42.6 Å². The maximum atomic E-state index is 5.65. The van der Waals surface area contributed by atoms with Crippen molar-refractivity contribution in [3.05, 3.63) is 91.1 Å². The molecule has 0 spiro atoms. The molecule has 1 aromatic heterocycles. The van der Waals surface area contributed by atoms with Crippen LogP contribution in [0, 0.1) is 0 Å². The summed E-state index contributed by atoms with van der Waals surface area (Å²) in [5, 5.41) is 9.33. The minimum Gasteiger partial charge on any atom is -0.472 e. The van der Waals surface area contributed by atoms with Crippen LogP contribution in [0.2, 0.25) is 0 Å². The summed E-state index contributed by atoms with van der Waals surface area (Å²) in [7, 11) is 0. The summed E-state index contributed by atoms with van der Waals surface area (Å²) < 4.78 is 5.65. The molecule has 0 aliphatic carbocycles. The molecule has 0 fully saturated rings. The van der Waals surface area contributed by atoms with E-state index in [2.05, 4.69) is 44.6 Å². The maximum absolute atomic E-state index is 5.65. The number of nitrogens with zero attached hydrogens (tertiary/aromatic N) is 3. The van der Waals surface area contributed by atoms with Crippen LogP contribution < -0.4 is 4.90 Å². The molecule has 1 unspecified atom stereocenters. The first-order chi connectivity index (χ1) is 10.9. The molecule has 5 heteroatoms. The molecule has 2 aromatic carbocycles. The van der Waals surface area contributed by atoms with Gasteiger partial charge < -0.3 is 9.64 Å². The van der Waals surface area contributed by atoms with Crippen molar-refractivity contribution in [2.75, 3.05) is 4.90 Å². The lowest BCUT2D eigenvalue weighted by atomic mass is 10.1. The molecule has 2 heterocycles. The standard InChI is InChI=1S/C15H13NO.C2H3N3/c1-3-7-13(8-4-1)15-16(11-12-17-15)14-9-5-2-6-10-14;1-2-4-5-3-1/h1-12,15H;1-2H,(H,3,4,5). The van der Waals surface area contributed by atoms with Crippen molar-refractivity contribution in [2.45, 2.75) is 6.23 Å². The lowest BCUT2D eigenvalue weighted by molar-refractivity contribution is 0.174. The summed E-state index contributed by atoms with van der Waals surface area (Å²) in [6.07, 6.45) is 6.82. The Labute approximate surface area is 128 Å². The molecule has 1 aliphatic rings. The highest BCUT2D eigenvalue weighted by Gasteiger charge is 2.23. The topological polar surface area (TPSA) is 54.0 Å². The zero-order chi connectivity index (χ0) is 15.0. The van der Waals surface area contributed by atoms with Gasteiger partial charge in [0.05, 0.1) is 12.4 Å². The third-order valence-corrected chi connectivity index (χ3v) is 3.15. The van der Waals surface area contributed by atoms with E-state index in [9.17, 15) is 0 Å². The fourth-order valence-electron chi connectivity index (χ4n) is 2.16. The van der Waals surface area contributed by atoms with Gasteiger partial charge in [0.25, 0.3) is 0 Å². The van der Waals surface area contributed by atoms with Gasteiger partial charge in [0, 0.05) is 17.5 Å². The monoisotopic (exact) mass is 292 g/mol. The summed E-state index contributed by atoms with van der Waals surface area (Å²) in [6.45, 7) is 0. The van der Waals surface area contributed by atoms with Gasteiger partial charge in [0.1, 0.15) is 6.26 Å². The van der Waals surface area contributed by atoms with Crippen molar-refractivity contribution in [2.24, 2.45) is 0 Å². The molecule has 3 aromatic rings. The first kappa shape index (κ1) is 13.9. The van der Waals surface area contributed by atoms with E-state index in [0.29, 0.717) is 0 Å². The van der Waals surface area contributed by atoms with Gasteiger partial charge in [-0.2, -0.15) is 15.4 Å². The van der Waals surface area contributed by atoms with E-state index in [4.69, 9.17) is 4.74 Å². The molecular formula is C17H16N4O. The highest BCUT2D eigenvalue weighted by Crippen LogP contribution is 2.32. The Hall–Kier alpha value is -3.08. The van der Waals surface area contributed by atoms with Crippen molar-refractivity contribution >= 4 is 5.69 Å². The first-order valence-electron chi connectivity index (χ1n) is 6.95. The normalized spacial score (nSPS) is 15.8. The number of hydrogen-bond acceptors (Lipinski definition) is 4. The van der Waals surface area contributed by atoms with Crippen LogP contribution in [-0.4, -0.2) is 15.4 Å². The zero-order valence-electron chi connectivity index (χ0n) is 11.9. The number of H-pyrrole nitrogens is 1. The molecular weight excluding hydrogens is 276 g/mol. The fraction of sp³-hybridized carbons (Fsp3) is 0.0588. The van der Waals surface area contributed by atoms with Gasteiger partial charge >= 0.3 is 0 Å². The van der Waals surface area contributed by atoms with Crippen molar-refractivity contribution in [3.63, 3.8) is 0 Å². The van der Waals surface area contributed by atoms with Crippen LogP contribution in [0.15, 0.2) is 85.5 Å². The molecule has 0 bridgehead atoms. The molecule has 0 saturated heterocycles. The Morgan fingerprint density at radius 3 is 2.09 bits per heavy atom. The Balaban J connectivity index is 0.000000246. The number of hydrogen-bond donors (Lipinski definition) is 1.